The second-order valence-corrected chi connectivity index (χ2v) is 4.85. The van der Waals surface area contributed by atoms with E-state index in [9.17, 15) is 4.79 Å². The molecule has 0 aliphatic heterocycles. The van der Waals surface area contributed by atoms with Gasteiger partial charge in [0, 0.05) is 25.1 Å². The molecule has 0 radical (unpaired) electrons. The Bertz CT molecular complexity index is 532. The third kappa shape index (κ3) is 4.75. The molecule has 2 N–H and O–H groups in total. The van der Waals surface area contributed by atoms with Crippen LogP contribution in [-0.4, -0.2) is 43.1 Å². The number of benzene rings is 1. The zero-order valence-corrected chi connectivity index (χ0v) is 13.1. The van der Waals surface area contributed by atoms with Crippen molar-refractivity contribution in [2.75, 3.05) is 27.3 Å². The van der Waals surface area contributed by atoms with Crippen LogP contribution in [0.4, 0.5) is 0 Å². The maximum absolute atomic E-state index is 12.5. The monoisotopic (exact) mass is 308 g/mol. The molecule has 6 heteroatoms. The molecule has 114 valence electrons. The SMILES string of the molecule is C=CCN(CCC(N)=S)C(=O)c1ccc(OC)c(OC)c1. The molecule has 0 atom stereocenters. The average Bonchev–Trinajstić information content (AvgIpc) is 2.49. The Balaban J connectivity index is 2.97. The Kier molecular flexibility index (Phi) is 6.68. The van der Waals surface area contributed by atoms with Gasteiger partial charge < -0.3 is 20.1 Å². The first-order valence-electron chi connectivity index (χ1n) is 6.44. The zero-order valence-electron chi connectivity index (χ0n) is 12.3. The van der Waals surface area contributed by atoms with Gasteiger partial charge in [-0.05, 0) is 18.2 Å². The highest BCUT2D eigenvalue weighted by molar-refractivity contribution is 7.80. The number of nitrogens with two attached hydrogens (primary N) is 1. The van der Waals surface area contributed by atoms with E-state index < -0.39 is 0 Å². The van der Waals surface area contributed by atoms with Gasteiger partial charge in [0.15, 0.2) is 11.5 Å². The number of carbonyl (C=O) groups excluding carboxylic acids is 1. The molecule has 0 heterocycles. The number of amides is 1. The van der Waals surface area contributed by atoms with Gasteiger partial charge >= 0.3 is 0 Å². The molecule has 1 aromatic rings. The predicted molar refractivity (Wildman–Crippen MR) is 87.0 cm³/mol. The molecule has 1 aromatic carbocycles. The summed E-state index contributed by atoms with van der Waals surface area (Å²) in [5.41, 5.74) is 6.00. The largest absolute Gasteiger partial charge is 0.493 e. The van der Waals surface area contributed by atoms with E-state index in [1.165, 1.54) is 7.11 Å². The molecule has 0 unspecified atom stereocenters. The average molecular weight is 308 g/mol. The third-order valence-electron chi connectivity index (χ3n) is 2.90. The molecule has 0 spiro atoms. The number of nitrogens with zero attached hydrogens (tertiary/aromatic N) is 1. The van der Waals surface area contributed by atoms with Crippen molar-refractivity contribution in [3.8, 4) is 11.5 Å². The van der Waals surface area contributed by atoms with E-state index in [-0.39, 0.29) is 5.91 Å². The van der Waals surface area contributed by atoms with Gasteiger partial charge in [0.05, 0.1) is 19.2 Å². The lowest BCUT2D eigenvalue weighted by molar-refractivity contribution is 0.0778. The minimum absolute atomic E-state index is 0.132. The highest BCUT2D eigenvalue weighted by Gasteiger charge is 2.17. The standard InChI is InChI=1S/C15H20N2O3S/c1-4-8-17(9-7-14(16)21)15(18)11-5-6-12(19-2)13(10-11)20-3/h4-6,10H,1,7-9H2,2-3H3,(H2,16,21). The quantitative estimate of drug-likeness (QED) is 0.588. The molecule has 1 amide bonds. The molecule has 0 saturated heterocycles. The summed E-state index contributed by atoms with van der Waals surface area (Å²) >= 11 is 4.85. The van der Waals surface area contributed by atoms with Crippen molar-refractivity contribution in [3.63, 3.8) is 0 Å². The zero-order chi connectivity index (χ0) is 15.8. The first-order valence-corrected chi connectivity index (χ1v) is 6.84. The summed E-state index contributed by atoms with van der Waals surface area (Å²) in [5, 5.41) is 0. The van der Waals surface area contributed by atoms with E-state index in [1.54, 1.807) is 36.3 Å². The van der Waals surface area contributed by atoms with Crippen molar-refractivity contribution in [2.24, 2.45) is 5.73 Å². The van der Waals surface area contributed by atoms with Crippen LogP contribution in [0, 0.1) is 0 Å². The number of methoxy groups -OCH3 is 2. The van der Waals surface area contributed by atoms with E-state index >= 15 is 0 Å². The van der Waals surface area contributed by atoms with Gasteiger partial charge in [0.25, 0.3) is 5.91 Å². The van der Waals surface area contributed by atoms with E-state index in [0.29, 0.717) is 41.6 Å². The van der Waals surface area contributed by atoms with Gasteiger partial charge in [0.1, 0.15) is 0 Å². The maximum Gasteiger partial charge on any atom is 0.254 e. The number of rotatable bonds is 8. The molecule has 0 aliphatic carbocycles. The topological polar surface area (TPSA) is 64.8 Å². The Hall–Kier alpha value is -2.08. The summed E-state index contributed by atoms with van der Waals surface area (Å²) in [6.45, 7) is 4.54. The predicted octanol–water partition coefficient (Wildman–Crippen LogP) is 2.01. The molecular weight excluding hydrogens is 288 g/mol. The van der Waals surface area contributed by atoms with Crippen LogP contribution in [-0.2, 0) is 0 Å². The summed E-state index contributed by atoms with van der Waals surface area (Å²) in [4.78, 5) is 14.5. The number of ether oxygens (including phenoxy) is 2. The summed E-state index contributed by atoms with van der Waals surface area (Å²) in [6, 6.07) is 5.05. The van der Waals surface area contributed by atoms with Crippen LogP contribution in [0.15, 0.2) is 30.9 Å². The summed E-state index contributed by atoms with van der Waals surface area (Å²) in [7, 11) is 3.08. The van der Waals surface area contributed by atoms with Crippen LogP contribution in [0.2, 0.25) is 0 Å². The van der Waals surface area contributed by atoms with Crippen molar-refractivity contribution in [2.45, 2.75) is 6.42 Å². The van der Waals surface area contributed by atoms with Gasteiger partial charge in [-0.15, -0.1) is 6.58 Å². The lowest BCUT2D eigenvalue weighted by atomic mass is 10.1. The summed E-state index contributed by atoms with van der Waals surface area (Å²) in [6.07, 6.45) is 2.14. The molecule has 0 aliphatic rings. The summed E-state index contributed by atoms with van der Waals surface area (Å²) < 4.78 is 10.4. The van der Waals surface area contributed by atoms with Gasteiger partial charge in [-0.1, -0.05) is 18.3 Å². The first kappa shape index (κ1) is 17.0. The van der Waals surface area contributed by atoms with E-state index in [2.05, 4.69) is 6.58 Å². The fourth-order valence-corrected chi connectivity index (χ4v) is 1.92. The minimum atomic E-state index is -0.132. The first-order chi connectivity index (χ1) is 10.0. The second kappa shape index (κ2) is 8.26. The van der Waals surface area contributed by atoms with E-state index in [1.807, 2.05) is 0 Å². The lowest BCUT2D eigenvalue weighted by Crippen LogP contribution is -2.33. The van der Waals surface area contributed by atoms with Crippen LogP contribution in [0.25, 0.3) is 0 Å². The van der Waals surface area contributed by atoms with Gasteiger partial charge in [-0.2, -0.15) is 0 Å². The van der Waals surface area contributed by atoms with Crippen LogP contribution >= 0.6 is 12.2 Å². The minimum Gasteiger partial charge on any atom is -0.493 e. The van der Waals surface area contributed by atoms with Crippen molar-refractivity contribution >= 4 is 23.1 Å². The Morgan fingerprint density at radius 1 is 1.38 bits per heavy atom. The van der Waals surface area contributed by atoms with Gasteiger partial charge in [-0.25, -0.2) is 0 Å². The molecule has 0 bridgehead atoms. The van der Waals surface area contributed by atoms with Crippen LogP contribution < -0.4 is 15.2 Å². The maximum atomic E-state index is 12.5. The van der Waals surface area contributed by atoms with Crippen LogP contribution in [0.1, 0.15) is 16.8 Å². The molecular formula is C15H20N2O3S. The summed E-state index contributed by atoms with van der Waals surface area (Å²) in [5.74, 6) is 0.954. The number of hydrogen-bond acceptors (Lipinski definition) is 4. The fourth-order valence-electron chi connectivity index (χ4n) is 1.83. The van der Waals surface area contributed by atoms with Gasteiger partial charge in [0.2, 0.25) is 0 Å². The molecule has 0 fully saturated rings. The van der Waals surface area contributed by atoms with Crippen molar-refractivity contribution in [1.82, 2.24) is 4.90 Å². The lowest BCUT2D eigenvalue weighted by Gasteiger charge is -2.21. The highest BCUT2D eigenvalue weighted by atomic mass is 32.1. The fraction of sp³-hybridized carbons (Fsp3) is 0.333. The molecule has 21 heavy (non-hydrogen) atoms. The third-order valence-corrected chi connectivity index (χ3v) is 3.10. The Labute approximate surface area is 130 Å². The molecule has 1 rings (SSSR count). The Morgan fingerprint density at radius 2 is 2.05 bits per heavy atom. The molecule has 0 aromatic heterocycles. The van der Waals surface area contributed by atoms with Crippen molar-refractivity contribution in [3.05, 3.63) is 36.4 Å². The normalized spacial score (nSPS) is 9.81. The second-order valence-electron chi connectivity index (χ2n) is 4.33. The van der Waals surface area contributed by atoms with Gasteiger partial charge in [-0.3, -0.25) is 4.79 Å². The van der Waals surface area contributed by atoms with Crippen molar-refractivity contribution < 1.29 is 14.3 Å². The number of carbonyl (C=O) groups is 1. The van der Waals surface area contributed by atoms with Crippen LogP contribution in [0.3, 0.4) is 0 Å². The smallest absolute Gasteiger partial charge is 0.254 e. The van der Waals surface area contributed by atoms with E-state index in [4.69, 9.17) is 27.4 Å². The molecule has 5 nitrogen and oxygen atoms in total. The number of hydrogen-bond donors (Lipinski definition) is 1. The van der Waals surface area contributed by atoms with E-state index in [0.717, 1.165) is 0 Å². The van der Waals surface area contributed by atoms with Crippen LogP contribution in [0.5, 0.6) is 11.5 Å². The molecule has 0 saturated carbocycles. The highest BCUT2D eigenvalue weighted by Crippen LogP contribution is 2.28. The number of thiocarbonyl (C=S) groups is 1. The Morgan fingerprint density at radius 3 is 2.57 bits per heavy atom. The van der Waals surface area contributed by atoms with Crippen molar-refractivity contribution in [1.29, 1.82) is 0 Å².